The Kier molecular flexibility index (Phi) is 4.51. The standard InChI is InChI=1S/C10H18O6/c11-1-3-13-7-5-15-10-8(14-4-2-12)6-16-9(7)10/h7-12H,1-6H2/t7-,8-,9-,10-/m1/s1. The maximum atomic E-state index is 8.68. The van der Waals surface area contributed by atoms with Crippen molar-refractivity contribution in [3.05, 3.63) is 0 Å². The summed E-state index contributed by atoms with van der Waals surface area (Å²) in [4.78, 5) is 0. The Labute approximate surface area is 94.1 Å². The van der Waals surface area contributed by atoms with E-state index < -0.39 is 0 Å². The van der Waals surface area contributed by atoms with Gasteiger partial charge in [-0.2, -0.15) is 0 Å². The topological polar surface area (TPSA) is 77.4 Å². The Bertz CT molecular complexity index is 189. The van der Waals surface area contributed by atoms with E-state index in [4.69, 9.17) is 29.2 Å². The Hall–Kier alpha value is -0.240. The van der Waals surface area contributed by atoms with Crippen LogP contribution >= 0.6 is 0 Å². The fraction of sp³-hybridized carbons (Fsp3) is 1.00. The molecule has 6 heteroatoms. The molecule has 0 aromatic carbocycles. The molecular weight excluding hydrogens is 216 g/mol. The molecule has 2 aliphatic rings. The molecule has 2 aliphatic heterocycles. The molecule has 0 radical (unpaired) electrons. The van der Waals surface area contributed by atoms with E-state index in [-0.39, 0.29) is 37.6 Å². The molecule has 0 saturated carbocycles. The molecule has 2 heterocycles. The molecule has 0 unspecified atom stereocenters. The van der Waals surface area contributed by atoms with Crippen LogP contribution in [0.15, 0.2) is 0 Å². The quantitative estimate of drug-likeness (QED) is 0.585. The zero-order valence-electron chi connectivity index (χ0n) is 9.08. The summed E-state index contributed by atoms with van der Waals surface area (Å²) in [6.45, 7) is 1.52. The average Bonchev–Trinajstić information content (AvgIpc) is 2.86. The lowest BCUT2D eigenvalue weighted by atomic mass is 10.1. The van der Waals surface area contributed by atoms with E-state index in [0.717, 1.165) is 0 Å². The summed E-state index contributed by atoms with van der Waals surface area (Å²) in [6.07, 6.45) is -0.481. The zero-order valence-corrected chi connectivity index (χ0v) is 9.08. The van der Waals surface area contributed by atoms with Gasteiger partial charge in [-0.3, -0.25) is 0 Å². The van der Waals surface area contributed by atoms with Crippen LogP contribution in [0.1, 0.15) is 0 Å². The predicted molar refractivity (Wildman–Crippen MR) is 53.1 cm³/mol. The second-order valence-corrected chi connectivity index (χ2v) is 3.86. The predicted octanol–water partition coefficient (Wildman–Crippen LogP) is -1.46. The molecule has 0 aromatic rings. The minimum Gasteiger partial charge on any atom is -0.394 e. The largest absolute Gasteiger partial charge is 0.394 e. The molecule has 0 aliphatic carbocycles. The smallest absolute Gasteiger partial charge is 0.115 e. The molecule has 6 nitrogen and oxygen atoms in total. The van der Waals surface area contributed by atoms with Crippen LogP contribution < -0.4 is 0 Å². The minimum atomic E-state index is -0.125. The van der Waals surface area contributed by atoms with E-state index in [1.54, 1.807) is 0 Å². The highest BCUT2D eigenvalue weighted by atomic mass is 16.6. The van der Waals surface area contributed by atoms with Crippen molar-refractivity contribution in [2.45, 2.75) is 24.4 Å². The van der Waals surface area contributed by atoms with E-state index in [0.29, 0.717) is 26.4 Å². The van der Waals surface area contributed by atoms with Gasteiger partial charge in [-0.15, -0.1) is 0 Å². The number of aliphatic hydroxyl groups is 2. The van der Waals surface area contributed by atoms with Crippen LogP contribution in [0, 0.1) is 0 Å². The van der Waals surface area contributed by atoms with E-state index in [9.17, 15) is 0 Å². The SMILES string of the molecule is OCCO[C@@H]1CO[C@H]2[C@@H]1OC[C@H]2OCCO. The first-order chi connectivity index (χ1) is 7.86. The van der Waals surface area contributed by atoms with Gasteiger partial charge >= 0.3 is 0 Å². The number of hydrogen-bond donors (Lipinski definition) is 2. The number of aliphatic hydroxyl groups excluding tert-OH is 2. The van der Waals surface area contributed by atoms with Crippen LogP contribution in [0.3, 0.4) is 0 Å². The van der Waals surface area contributed by atoms with Crippen LogP contribution in [-0.2, 0) is 18.9 Å². The van der Waals surface area contributed by atoms with E-state index in [2.05, 4.69) is 0 Å². The second-order valence-electron chi connectivity index (χ2n) is 3.86. The lowest BCUT2D eigenvalue weighted by Crippen LogP contribution is -2.34. The number of fused-ring (bicyclic) bond motifs is 1. The normalized spacial score (nSPS) is 37.9. The Morgan fingerprint density at radius 1 is 0.875 bits per heavy atom. The molecule has 2 saturated heterocycles. The molecule has 16 heavy (non-hydrogen) atoms. The molecule has 4 atom stereocenters. The van der Waals surface area contributed by atoms with Crippen molar-refractivity contribution in [1.82, 2.24) is 0 Å². The summed E-state index contributed by atoms with van der Waals surface area (Å²) in [7, 11) is 0. The van der Waals surface area contributed by atoms with Gasteiger partial charge in [0.2, 0.25) is 0 Å². The monoisotopic (exact) mass is 234 g/mol. The summed E-state index contributed by atoms with van der Waals surface area (Å²) < 4.78 is 21.9. The Balaban J connectivity index is 1.80. The third kappa shape index (κ3) is 2.53. The molecule has 2 fully saturated rings. The van der Waals surface area contributed by atoms with Crippen molar-refractivity contribution in [3.63, 3.8) is 0 Å². The van der Waals surface area contributed by atoms with E-state index in [1.807, 2.05) is 0 Å². The van der Waals surface area contributed by atoms with E-state index in [1.165, 1.54) is 0 Å². The zero-order chi connectivity index (χ0) is 11.4. The minimum absolute atomic E-state index is 0.00166. The van der Waals surface area contributed by atoms with Gasteiger partial charge in [0.15, 0.2) is 0 Å². The van der Waals surface area contributed by atoms with Gasteiger partial charge in [-0.05, 0) is 0 Å². The van der Waals surface area contributed by atoms with Crippen LogP contribution in [-0.4, -0.2) is 74.3 Å². The molecule has 0 aromatic heterocycles. The maximum Gasteiger partial charge on any atom is 0.115 e. The van der Waals surface area contributed by atoms with Gasteiger partial charge in [-0.1, -0.05) is 0 Å². The molecule has 0 bridgehead atoms. The van der Waals surface area contributed by atoms with Gasteiger partial charge in [0.25, 0.3) is 0 Å². The molecule has 2 N–H and O–H groups in total. The van der Waals surface area contributed by atoms with Crippen LogP contribution in [0.25, 0.3) is 0 Å². The summed E-state index contributed by atoms with van der Waals surface area (Å²) in [5.74, 6) is 0. The van der Waals surface area contributed by atoms with Crippen molar-refractivity contribution in [1.29, 1.82) is 0 Å². The number of hydrogen-bond acceptors (Lipinski definition) is 6. The number of ether oxygens (including phenoxy) is 4. The van der Waals surface area contributed by atoms with Crippen LogP contribution in [0.5, 0.6) is 0 Å². The molecular formula is C10H18O6. The Morgan fingerprint density at radius 2 is 1.31 bits per heavy atom. The van der Waals surface area contributed by atoms with Gasteiger partial charge in [-0.25, -0.2) is 0 Å². The maximum absolute atomic E-state index is 8.68. The molecule has 0 spiro atoms. The molecule has 0 amide bonds. The molecule has 94 valence electrons. The van der Waals surface area contributed by atoms with Crippen molar-refractivity contribution < 1.29 is 29.2 Å². The Morgan fingerprint density at radius 3 is 1.69 bits per heavy atom. The average molecular weight is 234 g/mol. The lowest BCUT2D eigenvalue weighted by molar-refractivity contribution is -0.0589. The lowest BCUT2D eigenvalue weighted by Gasteiger charge is -2.16. The molecule has 2 rings (SSSR count). The first-order valence-electron chi connectivity index (χ1n) is 5.55. The van der Waals surface area contributed by atoms with E-state index >= 15 is 0 Å². The van der Waals surface area contributed by atoms with Crippen LogP contribution in [0.4, 0.5) is 0 Å². The van der Waals surface area contributed by atoms with Gasteiger partial charge in [0.05, 0.1) is 39.6 Å². The highest BCUT2D eigenvalue weighted by Gasteiger charge is 2.48. The van der Waals surface area contributed by atoms with Crippen molar-refractivity contribution >= 4 is 0 Å². The van der Waals surface area contributed by atoms with Crippen molar-refractivity contribution in [2.75, 3.05) is 39.6 Å². The highest BCUT2D eigenvalue weighted by Crippen LogP contribution is 2.30. The first kappa shape index (κ1) is 12.2. The first-order valence-corrected chi connectivity index (χ1v) is 5.55. The van der Waals surface area contributed by atoms with Gasteiger partial charge in [0, 0.05) is 0 Å². The fourth-order valence-corrected chi connectivity index (χ4v) is 2.12. The third-order valence-corrected chi connectivity index (χ3v) is 2.81. The highest BCUT2D eigenvalue weighted by molar-refractivity contribution is 4.95. The summed E-state index contributed by atoms with van der Waals surface area (Å²) >= 11 is 0. The van der Waals surface area contributed by atoms with Crippen LogP contribution in [0.2, 0.25) is 0 Å². The number of rotatable bonds is 6. The summed E-state index contributed by atoms with van der Waals surface area (Å²) in [5.41, 5.74) is 0. The van der Waals surface area contributed by atoms with Crippen molar-refractivity contribution in [3.8, 4) is 0 Å². The second kappa shape index (κ2) is 5.90. The summed E-state index contributed by atoms with van der Waals surface area (Å²) in [6, 6.07) is 0. The van der Waals surface area contributed by atoms with Crippen molar-refractivity contribution in [2.24, 2.45) is 0 Å². The fourth-order valence-electron chi connectivity index (χ4n) is 2.12. The summed E-state index contributed by atoms with van der Waals surface area (Å²) in [5, 5.41) is 17.4. The van der Waals surface area contributed by atoms with Gasteiger partial charge < -0.3 is 29.2 Å². The van der Waals surface area contributed by atoms with Gasteiger partial charge in [0.1, 0.15) is 24.4 Å². The third-order valence-electron chi connectivity index (χ3n) is 2.81.